The maximum atomic E-state index is 12.3. The summed E-state index contributed by atoms with van der Waals surface area (Å²) in [5, 5.41) is 2.79. The van der Waals surface area contributed by atoms with Gasteiger partial charge < -0.3 is 9.73 Å². The Morgan fingerprint density at radius 3 is 2.50 bits per heavy atom. The lowest BCUT2D eigenvalue weighted by molar-refractivity contribution is -0.116. The third-order valence-corrected chi connectivity index (χ3v) is 3.53. The van der Waals surface area contributed by atoms with E-state index in [4.69, 9.17) is 4.42 Å². The van der Waals surface area contributed by atoms with Crippen molar-refractivity contribution in [1.29, 1.82) is 0 Å². The molecule has 0 atom stereocenters. The summed E-state index contributed by atoms with van der Waals surface area (Å²) in [7, 11) is 0. The maximum absolute atomic E-state index is 12.3. The molecule has 0 saturated carbocycles. The van der Waals surface area contributed by atoms with Crippen LogP contribution in [0.25, 0.3) is 11.3 Å². The molecule has 0 spiro atoms. The number of benzene rings is 2. The molecule has 2 aromatic carbocycles. The normalized spacial score (nSPS) is 10.4. The molecule has 0 radical (unpaired) electrons. The highest BCUT2D eigenvalue weighted by atomic mass is 16.3. The van der Waals surface area contributed by atoms with E-state index in [1.165, 1.54) is 0 Å². The molecule has 3 rings (SSSR count). The van der Waals surface area contributed by atoms with Gasteiger partial charge >= 0.3 is 0 Å². The molecule has 1 N–H and O–H groups in total. The van der Waals surface area contributed by atoms with E-state index < -0.39 is 0 Å². The second-order valence-electron chi connectivity index (χ2n) is 5.56. The fraction of sp³-hybridized carbons (Fsp3) is 0.100. The molecule has 24 heavy (non-hydrogen) atoms. The molecule has 0 fully saturated rings. The van der Waals surface area contributed by atoms with Gasteiger partial charge in [-0.15, -0.1) is 0 Å². The van der Waals surface area contributed by atoms with E-state index in [1.807, 2.05) is 42.5 Å². The number of carbonyl (C=O) groups excluding carboxylic acids is 2. The van der Waals surface area contributed by atoms with Crippen molar-refractivity contribution >= 4 is 17.4 Å². The van der Waals surface area contributed by atoms with Crippen LogP contribution >= 0.6 is 0 Å². The lowest BCUT2D eigenvalue weighted by Gasteiger charge is -2.05. The third-order valence-electron chi connectivity index (χ3n) is 3.53. The zero-order valence-electron chi connectivity index (χ0n) is 13.3. The van der Waals surface area contributed by atoms with Crippen molar-refractivity contribution < 1.29 is 14.0 Å². The van der Waals surface area contributed by atoms with Gasteiger partial charge in [-0.3, -0.25) is 9.59 Å². The average molecular weight is 319 g/mol. The van der Waals surface area contributed by atoms with Crippen LogP contribution in [0.4, 0.5) is 5.69 Å². The monoisotopic (exact) mass is 319 g/mol. The Kier molecular flexibility index (Phi) is 4.57. The van der Waals surface area contributed by atoms with E-state index in [1.54, 1.807) is 31.2 Å². The minimum absolute atomic E-state index is 0.0806. The molecule has 120 valence electrons. The molecule has 0 bridgehead atoms. The van der Waals surface area contributed by atoms with Crippen molar-refractivity contribution in [2.75, 3.05) is 5.32 Å². The van der Waals surface area contributed by atoms with E-state index in [-0.39, 0.29) is 17.5 Å². The summed E-state index contributed by atoms with van der Waals surface area (Å²) in [5.74, 6) is 0.645. The van der Waals surface area contributed by atoms with Gasteiger partial charge in [-0.25, -0.2) is 0 Å². The van der Waals surface area contributed by atoms with Crippen molar-refractivity contribution in [2.24, 2.45) is 0 Å². The largest absolute Gasteiger partial charge is 0.451 e. The van der Waals surface area contributed by atoms with E-state index in [0.717, 1.165) is 11.1 Å². The number of hydrogen-bond donors (Lipinski definition) is 1. The molecule has 0 aliphatic carbocycles. The van der Waals surface area contributed by atoms with Gasteiger partial charge in [-0.05, 0) is 36.8 Å². The quantitative estimate of drug-likeness (QED) is 0.761. The van der Waals surface area contributed by atoms with Crippen LogP contribution < -0.4 is 5.32 Å². The topological polar surface area (TPSA) is 59.3 Å². The minimum Gasteiger partial charge on any atom is -0.451 e. The van der Waals surface area contributed by atoms with Gasteiger partial charge in [0.25, 0.3) is 5.91 Å². The van der Waals surface area contributed by atoms with Gasteiger partial charge in [-0.1, -0.05) is 42.5 Å². The second-order valence-corrected chi connectivity index (χ2v) is 5.56. The Morgan fingerprint density at radius 1 is 0.958 bits per heavy atom. The number of hydrogen-bond acceptors (Lipinski definition) is 3. The fourth-order valence-electron chi connectivity index (χ4n) is 2.46. The SMILES string of the molecule is CC(=O)Cc1cccc(NC(=O)c2ccc(-c3ccccc3)o2)c1. The molecule has 0 aliphatic heterocycles. The van der Waals surface area contributed by atoms with Crippen LogP contribution in [0.15, 0.2) is 71.1 Å². The van der Waals surface area contributed by atoms with E-state index in [2.05, 4.69) is 5.32 Å². The van der Waals surface area contributed by atoms with Crippen LogP contribution in [0, 0.1) is 0 Å². The first-order valence-electron chi connectivity index (χ1n) is 7.67. The van der Waals surface area contributed by atoms with Crippen molar-refractivity contribution in [2.45, 2.75) is 13.3 Å². The predicted molar refractivity (Wildman–Crippen MR) is 92.9 cm³/mol. The molecule has 1 aromatic heterocycles. The van der Waals surface area contributed by atoms with Crippen LogP contribution in [0.2, 0.25) is 0 Å². The summed E-state index contributed by atoms with van der Waals surface area (Å²) in [6, 6.07) is 20.3. The number of amides is 1. The Morgan fingerprint density at radius 2 is 1.75 bits per heavy atom. The molecule has 4 heteroatoms. The molecule has 3 aromatic rings. The van der Waals surface area contributed by atoms with Crippen LogP contribution in [-0.2, 0) is 11.2 Å². The summed E-state index contributed by atoms with van der Waals surface area (Å²) in [4.78, 5) is 23.5. The fourth-order valence-corrected chi connectivity index (χ4v) is 2.46. The first-order chi connectivity index (χ1) is 11.6. The molecular weight excluding hydrogens is 302 g/mol. The number of anilines is 1. The summed E-state index contributed by atoms with van der Waals surface area (Å²) in [6.45, 7) is 1.54. The van der Waals surface area contributed by atoms with E-state index >= 15 is 0 Å². The average Bonchev–Trinajstić information content (AvgIpc) is 3.05. The first-order valence-corrected chi connectivity index (χ1v) is 7.67. The van der Waals surface area contributed by atoms with Crippen LogP contribution in [-0.4, -0.2) is 11.7 Å². The van der Waals surface area contributed by atoms with Crippen LogP contribution in [0.1, 0.15) is 23.0 Å². The van der Waals surface area contributed by atoms with Gasteiger partial charge in [0.2, 0.25) is 0 Å². The molecule has 1 amide bonds. The number of ketones is 1. The number of nitrogens with one attached hydrogen (secondary N) is 1. The number of carbonyl (C=O) groups is 2. The summed E-state index contributed by atoms with van der Waals surface area (Å²) < 4.78 is 5.63. The highest BCUT2D eigenvalue weighted by Crippen LogP contribution is 2.22. The highest BCUT2D eigenvalue weighted by molar-refractivity contribution is 6.02. The Balaban J connectivity index is 1.74. The molecular formula is C20H17NO3. The number of Topliss-reactive ketones (excluding diaryl/α,β-unsaturated/α-hetero) is 1. The van der Waals surface area contributed by atoms with Gasteiger partial charge in [0.05, 0.1) is 0 Å². The van der Waals surface area contributed by atoms with Crippen LogP contribution in [0.5, 0.6) is 0 Å². The first kappa shape index (κ1) is 15.7. The minimum atomic E-state index is -0.322. The second kappa shape index (κ2) is 6.96. The van der Waals surface area contributed by atoms with Crippen molar-refractivity contribution in [3.05, 3.63) is 78.1 Å². The standard InChI is InChI=1S/C20H17NO3/c1-14(22)12-15-6-5-9-17(13-15)21-20(23)19-11-10-18(24-19)16-7-3-2-4-8-16/h2-11,13H,12H2,1H3,(H,21,23). The Bertz CT molecular complexity index is 865. The molecule has 0 unspecified atom stereocenters. The van der Waals surface area contributed by atoms with E-state index in [9.17, 15) is 9.59 Å². The zero-order chi connectivity index (χ0) is 16.9. The van der Waals surface area contributed by atoms with Crippen LogP contribution in [0.3, 0.4) is 0 Å². The number of furan rings is 1. The molecule has 0 saturated heterocycles. The van der Waals surface area contributed by atoms with E-state index in [0.29, 0.717) is 17.9 Å². The van der Waals surface area contributed by atoms with Gasteiger partial charge in [0, 0.05) is 17.7 Å². The Labute approximate surface area is 140 Å². The zero-order valence-corrected chi connectivity index (χ0v) is 13.3. The van der Waals surface area contributed by atoms with Crippen molar-refractivity contribution in [3.63, 3.8) is 0 Å². The van der Waals surface area contributed by atoms with Gasteiger partial charge in [0.1, 0.15) is 11.5 Å². The lowest BCUT2D eigenvalue weighted by atomic mass is 10.1. The summed E-state index contributed by atoms with van der Waals surface area (Å²) in [6.07, 6.45) is 0.350. The van der Waals surface area contributed by atoms with Gasteiger partial charge in [-0.2, -0.15) is 0 Å². The maximum Gasteiger partial charge on any atom is 0.291 e. The van der Waals surface area contributed by atoms with Crippen molar-refractivity contribution in [1.82, 2.24) is 0 Å². The Hall–Kier alpha value is -3.14. The third kappa shape index (κ3) is 3.79. The smallest absolute Gasteiger partial charge is 0.291 e. The van der Waals surface area contributed by atoms with Gasteiger partial charge in [0.15, 0.2) is 5.76 Å². The molecule has 0 aliphatic rings. The lowest BCUT2D eigenvalue weighted by Crippen LogP contribution is -2.11. The number of rotatable bonds is 5. The predicted octanol–water partition coefficient (Wildman–Crippen LogP) is 4.33. The van der Waals surface area contributed by atoms with Crippen molar-refractivity contribution in [3.8, 4) is 11.3 Å². The molecule has 1 heterocycles. The highest BCUT2D eigenvalue weighted by Gasteiger charge is 2.12. The summed E-state index contributed by atoms with van der Waals surface area (Å²) >= 11 is 0. The summed E-state index contributed by atoms with van der Waals surface area (Å²) in [5.41, 5.74) is 2.42. The molecule has 4 nitrogen and oxygen atoms in total.